The first kappa shape index (κ1) is 13.2. The summed E-state index contributed by atoms with van der Waals surface area (Å²) in [6.07, 6.45) is 0. The Morgan fingerprint density at radius 3 is 2.54 bits per heavy atom. The summed E-state index contributed by atoms with van der Waals surface area (Å²) in [5.74, 6) is 2.00. The predicted octanol–water partition coefficient (Wildman–Crippen LogP) is 3.84. The summed E-state index contributed by atoms with van der Waals surface area (Å²) in [5.41, 5.74) is 0.974. The third kappa shape index (κ3) is 1.72. The highest BCUT2D eigenvalue weighted by Gasteiger charge is 2.17. The average Bonchev–Trinajstić information content (AvgIpc) is 3.07. The fourth-order valence-corrected chi connectivity index (χ4v) is 3.13. The SMILES string of the molecule is COc1ccc2c(=O)c3ccc4cc5c(cc4c3oc2c1)OCO5. The van der Waals surface area contributed by atoms with Crippen LogP contribution >= 0.6 is 0 Å². The van der Waals surface area contributed by atoms with Crippen molar-refractivity contribution >= 4 is 32.7 Å². The van der Waals surface area contributed by atoms with Crippen molar-refractivity contribution in [1.29, 1.82) is 0 Å². The Labute approximate surface area is 136 Å². The van der Waals surface area contributed by atoms with E-state index in [0.717, 1.165) is 10.8 Å². The minimum atomic E-state index is -0.0616. The largest absolute Gasteiger partial charge is 0.497 e. The molecule has 0 amide bonds. The summed E-state index contributed by atoms with van der Waals surface area (Å²) in [6, 6.07) is 12.6. The lowest BCUT2D eigenvalue weighted by Gasteiger charge is -2.07. The van der Waals surface area contributed by atoms with Crippen molar-refractivity contribution in [1.82, 2.24) is 0 Å². The van der Waals surface area contributed by atoms with Gasteiger partial charge in [-0.25, -0.2) is 0 Å². The minimum absolute atomic E-state index is 0.0616. The Kier molecular flexibility index (Phi) is 2.56. The molecule has 0 saturated carbocycles. The van der Waals surface area contributed by atoms with Crippen LogP contribution in [-0.4, -0.2) is 13.9 Å². The average molecular weight is 320 g/mol. The van der Waals surface area contributed by atoms with E-state index in [1.165, 1.54) is 0 Å². The molecule has 1 aliphatic heterocycles. The predicted molar refractivity (Wildman–Crippen MR) is 90.2 cm³/mol. The van der Waals surface area contributed by atoms with Gasteiger partial charge in [0.05, 0.1) is 17.9 Å². The molecule has 0 spiro atoms. The third-order valence-corrected chi connectivity index (χ3v) is 4.35. The molecule has 0 atom stereocenters. The van der Waals surface area contributed by atoms with Gasteiger partial charge in [0.25, 0.3) is 0 Å². The second kappa shape index (κ2) is 4.64. The summed E-state index contributed by atoms with van der Waals surface area (Å²) < 4.78 is 22.1. The van der Waals surface area contributed by atoms with Crippen molar-refractivity contribution in [3.05, 3.63) is 52.7 Å². The number of ether oxygens (including phenoxy) is 3. The molecule has 4 aromatic rings. The number of hydrogen-bond acceptors (Lipinski definition) is 5. The van der Waals surface area contributed by atoms with Crippen LogP contribution in [0.25, 0.3) is 32.7 Å². The summed E-state index contributed by atoms with van der Waals surface area (Å²) in [5, 5.41) is 2.82. The molecular weight excluding hydrogens is 308 g/mol. The van der Waals surface area contributed by atoms with Crippen LogP contribution in [-0.2, 0) is 0 Å². The normalized spacial score (nSPS) is 13.0. The van der Waals surface area contributed by atoms with Crippen LogP contribution < -0.4 is 19.6 Å². The first-order chi connectivity index (χ1) is 11.7. The molecule has 0 unspecified atom stereocenters. The lowest BCUT2D eigenvalue weighted by Crippen LogP contribution is -2.02. The first-order valence-corrected chi connectivity index (χ1v) is 7.51. The summed E-state index contributed by atoms with van der Waals surface area (Å²) in [7, 11) is 1.58. The van der Waals surface area contributed by atoms with Crippen LogP contribution in [0.4, 0.5) is 0 Å². The molecule has 1 aliphatic rings. The molecule has 118 valence electrons. The molecule has 5 nitrogen and oxygen atoms in total. The zero-order chi connectivity index (χ0) is 16.3. The van der Waals surface area contributed by atoms with Crippen molar-refractivity contribution in [3.63, 3.8) is 0 Å². The molecule has 1 aromatic heterocycles. The van der Waals surface area contributed by atoms with Gasteiger partial charge in [0, 0.05) is 11.5 Å². The van der Waals surface area contributed by atoms with Gasteiger partial charge in [-0.05, 0) is 35.7 Å². The van der Waals surface area contributed by atoms with Gasteiger partial charge in [-0.3, -0.25) is 4.79 Å². The number of hydrogen-bond donors (Lipinski definition) is 0. The molecular formula is C19H12O5. The van der Waals surface area contributed by atoms with Crippen LogP contribution in [0.2, 0.25) is 0 Å². The van der Waals surface area contributed by atoms with Gasteiger partial charge >= 0.3 is 0 Å². The maximum absolute atomic E-state index is 12.8. The van der Waals surface area contributed by atoms with E-state index in [9.17, 15) is 4.79 Å². The first-order valence-electron chi connectivity index (χ1n) is 7.51. The summed E-state index contributed by atoms with van der Waals surface area (Å²) >= 11 is 0. The standard InChI is InChI=1S/C19H12O5/c1-21-11-3-5-12-15(7-11)24-19-13(18(12)20)4-2-10-6-16-17(8-14(10)19)23-9-22-16/h2-8H,9H2,1H3. The van der Waals surface area contributed by atoms with Crippen molar-refractivity contribution in [2.24, 2.45) is 0 Å². The maximum Gasteiger partial charge on any atom is 0.231 e. The van der Waals surface area contributed by atoms with Gasteiger partial charge in [0.15, 0.2) is 11.5 Å². The second-order valence-corrected chi connectivity index (χ2v) is 5.66. The number of methoxy groups -OCH3 is 1. The minimum Gasteiger partial charge on any atom is -0.497 e. The van der Waals surface area contributed by atoms with E-state index in [-0.39, 0.29) is 12.2 Å². The molecule has 3 aromatic carbocycles. The van der Waals surface area contributed by atoms with E-state index in [0.29, 0.717) is 39.2 Å². The molecule has 5 heteroatoms. The molecule has 24 heavy (non-hydrogen) atoms. The quantitative estimate of drug-likeness (QED) is 0.394. The molecule has 5 rings (SSSR count). The van der Waals surface area contributed by atoms with Gasteiger partial charge in [-0.1, -0.05) is 6.07 Å². The van der Waals surface area contributed by atoms with Crippen LogP contribution in [0, 0.1) is 0 Å². The monoisotopic (exact) mass is 320 g/mol. The van der Waals surface area contributed by atoms with Gasteiger partial charge < -0.3 is 18.6 Å². The fourth-order valence-electron chi connectivity index (χ4n) is 3.13. The Morgan fingerprint density at radius 1 is 0.917 bits per heavy atom. The highest BCUT2D eigenvalue weighted by molar-refractivity contribution is 6.07. The number of rotatable bonds is 1. The summed E-state index contributed by atoms with van der Waals surface area (Å²) in [4.78, 5) is 12.8. The lowest BCUT2D eigenvalue weighted by molar-refractivity contribution is 0.174. The van der Waals surface area contributed by atoms with Crippen molar-refractivity contribution in [2.75, 3.05) is 13.9 Å². The van der Waals surface area contributed by atoms with Gasteiger partial charge in [-0.2, -0.15) is 0 Å². The molecule has 0 N–H and O–H groups in total. The van der Waals surface area contributed by atoms with Crippen LogP contribution in [0.1, 0.15) is 0 Å². The zero-order valence-electron chi connectivity index (χ0n) is 12.8. The van der Waals surface area contributed by atoms with E-state index in [2.05, 4.69) is 0 Å². The lowest BCUT2D eigenvalue weighted by atomic mass is 10.0. The number of benzene rings is 3. The van der Waals surface area contributed by atoms with Gasteiger partial charge in [0.1, 0.15) is 16.9 Å². The van der Waals surface area contributed by atoms with E-state index in [1.54, 1.807) is 31.4 Å². The molecule has 0 saturated heterocycles. The van der Waals surface area contributed by atoms with Gasteiger partial charge in [-0.15, -0.1) is 0 Å². The number of fused-ring (bicyclic) bond motifs is 5. The Balaban J connectivity index is 1.95. The van der Waals surface area contributed by atoms with Crippen LogP contribution in [0.5, 0.6) is 17.2 Å². The maximum atomic E-state index is 12.8. The molecule has 0 fully saturated rings. The Bertz CT molecular complexity index is 1190. The van der Waals surface area contributed by atoms with Crippen molar-refractivity contribution in [2.45, 2.75) is 0 Å². The molecule has 0 aliphatic carbocycles. The smallest absolute Gasteiger partial charge is 0.231 e. The van der Waals surface area contributed by atoms with Gasteiger partial charge in [0.2, 0.25) is 12.2 Å². The zero-order valence-corrected chi connectivity index (χ0v) is 12.8. The molecule has 0 radical (unpaired) electrons. The second-order valence-electron chi connectivity index (χ2n) is 5.66. The van der Waals surface area contributed by atoms with E-state index in [4.69, 9.17) is 18.6 Å². The highest BCUT2D eigenvalue weighted by Crippen LogP contribution is 2.38. The highest BCUT2D eigenvalue weighted by atomic mass is 16.7. The van der Waals surface area contributed by atoms with Crippen molar-refractivity contribution in [3.8, 4) is 17.2 Å². The molecule has 0 bridgehead atoms. The van der Waals surface area contributed by atoms with Crippen LogP contribution in [0.15, 0.2) is 51.7 Å². The fraction of sp³-hybridized carbons (Fsp3) is 0.105. The third-order valence-electron chi connectivity index (χ3n) is 4.35. The van der Waals surface area contributed by atoms with Crippen LogP contribution in [0.3, 0.4) is 0 Å². The Hall–Kier alpha value is -3.21. The molecule has 2 heterocycles. The van der Waals surface area contributed by atoms with E-state index >= 15 is 0 Å². The topological polar surface area (TPSA) is 57.9 Å². The summed E-state index contributed by atoms with van der Waals surface area (Å²) in [6.45, 7) is 0.202. The van der Waals surface area contributed by atoms with Crippen molar-refractivity contribution < 1.29 is 18.6 Å². The van der Waals surface area contributed by atoms with E-state index < -0.39 is 0 Å². The Morgan fingerprint density at radius 2 is 1.71 bits per heavy atom. The van der Waals surface area contributed by atoms with E-state index in [1.807, 2.05) is 18.2 Å².